The smallest absolute Gasteiger partial charge is 0.409 e. The molecule has 1 aliphatic heterocycles. The van der Waals surface area contributed by atoms with Crippen LogP contribution in [-0.4, -0.2) is 60.8 Å². The van der Waals surface area contributed by atoms with Crippen molar-refractivity contribution in [3.05, 3.63) is 41.8 Å². The first kappa shape index (κ1) is 22.7. The number of benzene rings is 1. The number of carbonyl (C=O) groups is 1. The first-order valence-electron chi connectivity index (χ1n) is 11.1. The molecule has 0 aliphatic carbocycles. The Balaban J connectivity index is 1.49. The molecule has 2 aromatic rings. The number of carbonyl (C=O) groups excluding carboxylic acids is 1. The first-order valence-corrected chi connectivity index (χ1v) is 11.1. The van der Waals surface area contributed by atoms with Crippen LogP contribution in [0.5, 0.6) is 0 Å². The lowest BCUT2D eigenvalue weighted by molar-refractivity contribution is 0.0963. The molecule has 0 unspecified atom stereocenters. The van der Waals surface area contributed by atoms with Crippen LogP contribution in [0.3, 0.4) is 0 Å². The molecular weight excluding hydrogens is 394 g/mol. The van der Waals surface area contributed by atoms with Gasteiger partial charge in [0.2, 0.25) is 5.89 Å². The number of hydrogen-bond acceptors (Lipinski definition) is 5. The third-order valence-corrected chi connectivity index (χ3v) is 5.19. The molecule has 0 atom stereocenters. The van der Waals surface area contributed by atoms with E-state index in [1.807, 2.05) is 26.0 Å². The fourth-order valence-electron chi connectivity index (χ4n) is 3.47. The zero-order valence-corrected chi connectivity index (χ0v) is 18.7. The molecule has 31 heavy (non-hydrogen) atoms. The number of aliphatic imine (C=N–C) groups is 1. The molecular formula is C23H33N5O3. The predicted molar refractivity (Wildman–Crippen MR) is 121 cm³/mol. The van der Waals surface area contributed by atoms with Crippen molar-refractivity contribution in [3.8, 4) is 11.5 Å². The maximum absolute atomic E-state index is 11.8. The lowest BCUT2D eigenvalue weighted by atomic mass is 10.1. The minimum Gasteiger partial charge on any atom is -0.450 e. The number of guanidine groups is 1. The van der Waals surface area contributed by atoms with Crippen LogP contribution in [0.2, 0.25) is 0 Å². The Labute approximate surface area is 184 Å². The predicted octanol–water partition coefficient (Wildman–Crippen LogP) is 3.37. The van der Waals surface area contributed by atoms with E-state index < -0.39 is 0 Å². The zero-order valence-electron chi connectivity index (χ0n) is 18.7. The number of nitrogens with zero attached hydrogens (tertiary/aromatic N) is 3. The monoisotopic (exact) mass is 427 g/mol. The van der Waals surface area contributed by atoms with Crippen LogP contribution in [0, 0.1) is 6.92 Å². The quantitative estimate of drug-likeness (QED) is 0.520. The molecule has 0 radical (unpaired) electrons. The number of aryl methyl sites for hydroxylation is 1. The first-order chi connectivity index (χ1) is 15.1. The minimum atomic E-state index is -0.223. The second kappa shape index (κ2) is 11.4. The molecule has 8 heteroatoms. The molecule has 0 saturated carbocycles. The largest absolute Gasteiger partial charge is 0.450 e. The van der Waals surface area contributed by atoms with Gasteiger partial charge in [-0.25, -0.2) is 9.78 Å². The highest BCUT2D eigenvalue weighted by atomic mass is 16.6. The molecule has 168 valence electrons. The maximum Gasteiger partial charge on any atom is 0.409 e. The van der Waals surface area contributed by atoms with Gasteiger partial charge < -0.3 is 24.7 Å². The number of amides is 1. The normalized spacial score (nSPS) is 15.1. The standard InChI is InChI=1S/C23H33N5O3/c1-4-24-22(27-19-11-14-28(15-12-19)23(29)30-5-2)25-13-10-20-16-31-21(26-20)18-8-6-17(3)7-9-18/h6-9,16,19H,4-5,10-15H2,1-3H3,(H2,24,25,27). The average Bonchev–Trinajstić information content (AvgIpc) is 3.24. The fourth-order valence-corrected chi connectivity index (χ4v) is 3.47. The van der Waals surface area contributed by atoms with Crippen molar-refractivity contribution in [3.63, 3.8) is 0 Å². The number of hydrogen-bond donors (Lipinski definition) is 2. The lowest BCUT2D eigenvalue weighted by Gasteiger charge is -2.32. The fraction of sp³-hybridized carbons (Fsp3) is 0.522. The SMILES string of the molecule is CCNC(=NCCc1coc(-c2ccc(C)cc2)n1)NC1CCN(C(=O)OCC)CC1. The van der Waals surface area contributed by atoms with Crippen LogP contribution in [0.15, 0.2) is 39.9 Å². The summed E-state index contributed by atoms with van der Waals surface area (Å²) in [6.07, 6.45) is 3.92. The van der Waals surface area contributed by atoms with Gasteiger partial charge in [0.15, 0.2) is 5.96 Å². The summed E-state index contributed by atoms with van der Waals surface area (Å²) in [5, 5.41) is 6.78. The van der Waals surface area contributed by atoms with Gasteiger partial charge in [-0.2, -0.15) is 0 Å². The van der Waals surface area contributed by atoms with E-state index in [1.165, 1.54) is 5.56 Å². The molecule has 2 heterocycles. The molecule has 2 N–H and O–H groups in total. The van der Waals surface area contributed by atoms with Gasteiger partial charge in [-0.1, -0.05) is 17.7 Å². The molecule has 0 bridgehead atoms. The summed E-state index contributed by atoms with van der Waals surface area (Å²) in [6.45, 7) is 9.12. The van der Waals surface area contributed by atoms with E-state index in [1.54, 1.807) is 11.2 Å². The summed E-state index contributed by atoms with van der Waals surface area (Å²) >= 11 is 0. The number of piperidine rings is 1. The van der Waals surface area contributed by atoms with Gasteiger partial charge in [-0.15, -0.1) is 0 Å². The van der Waals surface area contributed by atoms with E-state index >= 15 is 0 Å². The molecule has 8 nitrogen and oxygen atoms in total. The Morgan fingerprint density at radius 2 is 2.00 bits per heavy atom. The van der Waals surface area contributed by atoms with E-state index in [-0.39, 0.29) is 12.1 Å². The van der Waals surface area contributed by atoms with E-state index in [2.05, 4.69) is 39.7 Å². The molecule has 1 saturated heterocycles. The van der Waals surface area contributed by atoms with Gasteiger partial charge >= 0.3 is 6.09 Å². The maximum atomic E-state index is 11.8. The second-order valence-corrected chi connectivity index (χ2v) is 7.63. The zero-order chi connectivity index (χ0) is 22.1. The third-order valence-electron chi connectivity index (χ3n) is 5.19. The summed E-state index contributed by atoms with van der Waals surface area (Å²) in [5.41, 5.74) is 3.07. The van der Waals surface area contributed by atoms with Crippen molar-refractivity contribution in [1.29, 1.82) is 0 Å². The van der Waals surface area contributed by atoms with Crippen LogP contribution in [0.25, 0.3) is 11.5 Å². The summed E-state index contributed by atoms with van der Waals surface area (Å²) in [4.78, 5) is 22.9. The average molecular weight is 428 g/mol. The van der Waals surface area contributed by atoms with Crippen LogP contribution in [0.1, 0.15) is 37.9 Å². The van der Waals surface area contributed by atoms with Crippen molar-refractivity contribution >= 4 is 12.1 Å². The lowest BCUT2D eigenvalue weighted by Crippen LogP contribution is -2.50. The van der Waals surface area contributed by atoms with Crippen LogP contribution >= 0.6 is 0 Å². The van der Waals surface area contributed by atoms with Gasteiger partial charge in [0.1, 0.15) is 6.26 Å². The van der Waals surface area contributed by atoms with Crippen molar-refractivity contribution < 1.29 is 13.9 Å². The second-order valence-electron chi connectivity index (χ2n) is 7.63. The van der Waals surface area contributed by atoms with E-state index in [4.69, 9.17) is 9.15 Å². The van der Waals surface area contributed by atoms with Crippen molar-refractivity contribution in [2.45, 2.75) is 46.1 Å². The molecule has 1 aliphatic rings. The summed E-state index contributed by atoms with van der Waals surface area (Å²) in [5.74, 6) is 1.43. The molecule has 1 aromatic heterocycles. The Morgan fingerprint density at radius 1 is 1.26 bits per heavy atom. The van der Waals surface area contributed by atoms with Crippen molar-refractivity contribution in [1.82, 2.24) is 20.5 Å². The molecule has 3 rings (SSSR count). The molecule has 1 fully saturated rings. The highest BCUT2D eigenvalue weighted by molar-refractivity contribution is 5.80. The van der Waals surface area contributed by atoms with Crippen LogP contribution in [-0.2, 0) is 11.2 Å². The number of ether oxygens (including phenoxy) is 1. The number of nitrogens with one attached hydrogen (secondary N) is 2. The number of rotatable bonds is 7. The van der Waals surface area contributed by atoms with Gasteiger partial charge in [0.25, 0.3) is 0 Å². The summed E-state index contributed by atoms with van der Waals surface area (Å²) < 4.78 is 10.7. The van der Waals surface area contributed by atoms with Crippen LogP contribution < -0.4 is 10.6 Å². The van der Waals surface area contributed by atoms with Crippen molar-refractivity contribution in [2.75, 3.05) is 32.8 Å². The van der Waals surface area contributed by atoms with Gasteiger partial charge in [0, 0.05) is 44.2 Å². The highest BCUT2D eigenvalue weighted by Gasteiger charge is 2.24. The highest BCUT2D eigenvalue weighted by Crippen LogP contribution is 2.19. The van der Waals surface area contributed by atoms with Crippen molar-refractivity contribution in [2.24, 2.45) is 4.99 Å². The summed E-state index contributed by atoms with van der Waals surface area (Å²) in [6, 6.07) is 8.42. The van der Waals surface area contributed by atoms with Gasteiger partial charge in [0.05, 0.1) is 12.3 Å². The van der Waals surface area contributed by atoms with E-state index in [9.17, 15) is 4.79 Å². The molecule has 1 aromatic carbocycles. The third kappa shape index (κ3) is 6.73. The van der Waals surface area contributed by atoms with Gasteiger partial charge in [-0.3, -0.25) is 4.99 Å². The number of oxazole rings is 1. The Morgan fingerprint density at radius 3 is 2.68 bits per heavy atom. The Hall–Kier alpha value is -3.03. The Bertz CT molecular complexity index is 854. The Kier molecular flexibility index (Phi) is 8.32. The van der Waals surface area contributed by atoms with Gasteiger partial charge in [-0.05, 0) is 45.7 Å². The molecule has 0 spiro atoms. The van der Waals surface area contributed by atoms with E-state index in [0.29, 0.717) is 38.6 Å². The number of aromatic nitrogens is 1. The minimum absolute atomic E-state index is 0.223. The molecule has 1 amide bonds. The number of likely N-dealkylation sites (tertiary alicyclic amines) is 1. The summed E-state index contributed by atoms with van der Waals surface area (Å²) in [7, 11) is 0. The van der Waals surface area contributed by atoms with Crippen LogP contribution in [0.4, 0.5) is 4.79 Å². The van der Waals surface area contributed by atoms with E-state index in [0.717, 1.165) is 36.6 Å². The topological polar surface area (TPSA) is 92.0 Å².